The van der Waals surface area contributed by atoms with Gasteiger partial charge in [-0.25, -0.2) is 0 Å². The van der Waals surface area contributed by atoms with Crippen LogP contribution in [0.15, 0.2) is 24.3 Å². The van der Waals surface area contributed by atoms with Crippen LogP contribution in [0.5, 0.6) is 5.75 Å². The first-order valence-electron chi connectivity index (χ1n) is 7.59. The zero-order valence-corrected chi connectivity index (χ0v) is 13.8. The van der Waals surface area contributed by atoms with Gasteiger partial charge in [0.1, 0.15) is 5.75 Å². The van der Waals surface area contributed by atoms with Gasteiger partial charge in [-0.1, -0.05) is 12.1 Å². The van der Waals surface area contributed by atoms with Crippen molar-refractivity contribution >= 4 is 18.1 Å². The molecule has 0 aliphatic heterocycles. The molecule has 1 aromatic carbocycles. The molecule has 25 heavy (non-hydrogen) atoms. The number of benzene rings is 1. The van der Waals surface area contributed by atoms with Gasteiger partial charge in [-0.15, -0.1) is 13.2 Å². The van der Waals surface area contributed by atoms with E-state index >= 15 is 0 Å². The van der Waals surface area contributed by atoms with Gasteiger partial charge in [-0.05, 0) is 42.8 Å². The molecule has 10 heteroatoms. The van der Waals surface area contributed by atoms with E-state index in [0.717, 1.165) is 12.8 Å². The number of nitrogens with zero attached hydrogens (tertiary/aromatic N) is 2. The smallest absolute Gasteiger partial charge is 0.406 e. The number of aromatic nitrogens is 3. The molecule has 1 saturated carbocycles. The zero-order chi connectivity index (χ0) is 18.0. The summed E-state index contributed by atoms with van der Waals surface area (Å²) < 4.78 is 42.5. The number of halogens is 3. The Balaban J connectivity index is 1.53. The number of amides is 1. The van der Waals surface area contributed by atoms with E-state index < -0.39 is 6.36 Å². The maximum atomic E-state index is 12.1. The second kappa shape index (κ2) is 6.87. The van der Waals surface area contributed by atoms with Gasteiger partial charge in [0.05, 0.1) is 13.0 Å². The van der Waals surface area contributed by atoms with Gasteiger partial charge in [-0.2, -0.15) is 5.10 Å². The van der Waals surface area contributed by atoms with Crippen LogP contribution in [0.1, 0.15) is 30.3 Å². The molecular formula is C15H15F3N4O2S. The summed E-state index contributed by atoms with van der Waals surface area (Å²) in [7, 11) is 0. The summed E-state index contributed by atoms with van der Waals surface area (Å²) >= 11 is 5.16. The molecule has 0 spiro atoms. The highest BCUT2D eigenvalue weighted by Crippen LogP contribution is 2.35. The summed E-state index contributed by atoms with van der Waals surface area (Å²) in [5.41, 5.74) is 0.577. The average molecular weight is 372 g/mol. The largest absolute Gasteiger partial charge is 0.573 e. The minimum absolute atomic E-state index is 0.0425. The van der Waals surface area contributed by atoms with E-state index in [0.29, 0.717) is 22.2 Å². The Kier molecular flexibility index (Phi) is 4.80. The monoisotopic (exact) mass is 372 g/mol. The van der Waals surface area contributed by atoms with Gasteiger partial charge in [0.2, 0.25) is 5.91 Å². The SMILES string of the molecule is O=C(Cc1ccc(OC(F)(F)F)cc1)NCc1n[nH]c(=S)n1C1CC1. The van der Waals surface area contributed by atoms with Gasteiger partial charge in [0.25, 0.3) is 0 Å². The molecule has 2 aromatic rings. The van der Waals surface area contributed by atoms with Crippen molar-refractivity contribution in [3.05, 3.63) is 40.4 Å². The van der Waals surface area contributed by atoms with Crippen LogP contribution >= 0.6 is 12.2 Å². The Bertz CT molecular complexity index is 809. The predicted molar refractivity (Wildman–Crippen MR) is 84.4 cm³/mol. The molecule has 6 nitrogen and oxygen atoms in total. The third-order valence-corrected chi connectivity index (χ3v) is 3.94. The maximum Gasteiger partial charge on any atom is 0.573 e. The number of alkyl halides is 3. The quantitative estimate of drug-likeness (QED) is 0.765. The highest BCUT2D eigenvalue weighted by molar-refractivity contribution is 7.71. The molecule has 1 aliphatic carbocycles. The lowest BCUT2D eigenvalue weighted by Gasteiger charge is -2.09. The second-order valence-corrected chi connectivity index (χ2v) is 6.08. The lowest BCUT2D eigenvalue weighted by atomic mass is 10.1. The number of nitrogens with one attached hydrogen (secondary N) is 2. The highest BCUT2D eigenvalue weighted by Gasteiger charge is 2.31. The zero-order valence-electron chi connectivity index (χ0n) is 13.0. The molecule has 1 fully saturated rings. The molecule has 1 heterocycles. The first-order valence-corrected chi connectivity index (χ1v) is 8.00. The Hall–Kier alpha value is -2.36. The minimum Gasteiger partial charge on any atom is -0.406 e. The number of carbonyl (C=O) groups is 1. The summed E-state index contributed by atoms with van der Waals surface area (Å²) in [6.45, 7) is 0.234. The van der Waals surface area contributed by atoms with Gasteiger partial charge in [0, 0.05) is 6.04 Å². The summed E-state index contributed by atoms with van der Waals surface area (Å²) in [5.74, 6) is 0.0761. The third kappa shape index (κ3) is 4.81. The van der Waals surface area contributed by atoms with E-state index in [-0.39, 0.29) is 24.6 Å². The molecule has 2 N–H and O–H groups in total. The van der Waals surface area contributed by atoms with Crippen molar-refractivity contribution in [2.75, 3.05) is 0 Å². The maximum absolute atomic E-state index is 12.1. The van der Waals surface area contributed by atoms with Crippen molar-refractivity contribution in [3.8, 4) is 5.75 Å². The Morgan fingerprint density at radius 3 is 2.64 bits per heavy atom. The van der Waals surface area contributed by atoms with E-state index in [2.05, 4.69) is 20.3 Å². The van der Waals surface area contributed by atoms with Crippen LogP contribution in [-0.4, -0.2) is 27.0 Å². The number of ether oxygens (including phenoxy) is 1. The number of rotatable bonds is 6. The summed E-state index contributed by atoms with van der Waals surface area (Å²) in [4.78, 5) is 12.0. The van der Waals surface area contributed by atoms with Gasteiger partial charge in [0.15, 0.2) is 10.6 Å². The number of carbonyl (C=O) groups excluding carboxylic acids is 1. The van der Waals surface area contributed by atoms with E-state index in [1.165, 1.54) is 24.3 Å². The van der Waals surface area contributed by atoms with E-state index in [9.17, 15) is 18.0 Å². The Morgan fingerprint density at radius 2 is 2.04 bits per heavy atom. The van der Waals surface area contributed by atoms with Crippen molar-refractivity contribution in [3.63, 3.8) is 0 Å². The van der Waals surface area contributed by atoms with Gasteiger partial charge in [-0.3, -0.25) is 14.5 Å². The van der Waals surface area contributed by atoms with Crippen LogP contribution < -0.4 is 10.1 Å². The minimum atomic E-state index is -4.73. The molecule has 1 aromatic heterocycles. The van der Waals surface area contributed by atoms with Crippen molar-refractivity contribution in [1.29, 1.82) is 0 Å². The van der Waals surface area contributed by atoms with Crippen LogP contribution in [0.4, 0.5) is 13.2 Å². The first-order chi connectivity index (χ1) is 11.8. The fourth-order valence-electron chi connectivity index (χ4n) is 2.41. The lowest BCUT2D eigenvalue weighted by Crippen LogP contribution is -2.26. The summed E-state index contributed by atoms with van der Waals surface area (Å²) in [6.07, 6.45) is -2.61. The van der Waals surface area contributed by atoms with E-state index in [4.69, 9.17) is 12.2 Å². The molecule has 0 radical (unpaired) electrons. The van der Waals surface area contributed by atoms with Crippen molar-refractivity contribution in [2.24, 2.45) is 0 Å². The number of aromatic amines is 1. The Labute approximate surface area is 146 Å². The van der Waals surface area contributed by atoms with Crippen LogP contribution in [0.2, 0.25) is 0 Å². The third-order valence-electron chi connectivity index (χ3n) is 3.65. The molecule has 0 unspecified atom stereocenters. The van der Waals surface area contributed by atoms with E-state index in [1.54, 1.807) is 0 Å². The molecule has 0 bridgehead atoms. The first kappa shape index (κ1) is 17.5. The second-order valence-electron chi connectivity index (χ2n) is 5.69. The van der Waals surface area contributed by atoms with Crippen LogP contribution in [0.25, 0.3) is 0 Å². The van der Waals surface area contributed by atoms with Crippen molar-refractivity contribution in [1.82, 2.24) is 20.1 Å². The summed E-state index contributed by atoms with van der Waals surface area (Å²) in [6, 6.07) is 5.53. The van der Waals surface area contributed by atoms with Crippen molar-refractivity contribution < 1.29 is 22.7 Å². The van der Waals surface area contributed by atoms with Crippen LogP contribution in [0.3, 0.4) is 0 Å². The van der Waals surface area contributed by atoms with E-state index in [1.807, 2.05) is 4.57 Å². The number of hydrogen-bond donors (Lipinski definition) is 2. The Morgan fingerprint density at radius 1 is 1.36 bits per heavy atom. The predicted octanol–water partition coefficient (Wildman–Crippen LogP) is 3.03. The molecule has 0 atom stereocenters. The molecule has 1 aliphatic rings. The average Bonchev–Trinajstić information content (AvgIpc) is 3.29. The number of hydrogen-bond acceptors (Lipinski definition) is 4. The normalized spacial score (nSPS) is 14.4. The standard InChI is InChI=1S/C15H15F3N4O2S/c16-15(17,18)24-11-5-1-9(2-6-11)7-13(23)19-8-12-20-21-14(25)22(12)10-3-4-10/h1-2,5-6,10H,3-4,7-8H2,(H,19,23)(H,21,25). The fraction of sp³-hybridized carbons (Fsp3) is 0.400. The molecule has 1 amide bonds. The molecule has 0 saturated heterocycles. The fourth-order valence-corrected chi connectivity index (χ4v) is 2.71. The van der Waals surface area contributed by atoms with Gasteiger partial charge >= 0.3 is 6.36 Å². The molecule has 3 rings (SSSR count). The van der Waals surface area contributed by atoms with Crippen molar-refractivity contribution in [2.45, 2.75) is 38.2 Å². The topological polar surface area (TPSA) is 71.9 Å². The molecular weight excluding hydrogens is 357 g/mol. The molecule has 134 valence electrons. The number of H-pyrrole nitrogens is 1. The lowest BCUT2D eigenvalue weighted by molar-refractivity contribution is -0.274. The highest BCUT2D eigenvalue weighted by atomic mass is 32.1. The van der Waals surface area contributed by atoms with Crippen LogP contribution in [0, 0.1) is 4.77 Å². The van der Waals surface area contributed by atoms with Crippen LogP contribution in [-0.2, 0) is 17.8 Å². The summed E-state index contributed by atoms with van der Waals surface area (Å²) in [5, 5.41) is 9.56. The van der Waals surface area contributed by atoms with Gasteiger partial charge < -0.3 is 10.1 Å².